The summed E-state index contributed by atoms with van der Waals surface area (Å²) in [5, 5.41) is 3.65. The Balaban J connectivity index is 1.81. The molecule has 0 bridgehead atoms. The largest absolute Gasteiger partial charge is 0.326 e. The van der Waals surface area contributed by atoms with E-state index in [1.165, 1.54) is 18.4 Å². The van der Waals surface area contributed by atoms with Gasteiger partial charge >= 0.3 is 0 Å². The molecule has 3 heteroatoms. The lowest BCUT2D eigenvalue weighted by atomic mass is 10.1. The van der Waals surface area contributed by atoms with E-state index < -0.39 is 0 Å². The Labute approximate surface area is 137 Å². The number of carbonyl (C=O) groups excluding carboxylic acids is 1. The molecule has 2 rings (SSSR count). The summed E-state index contributed by atoms with van der Waals surface area (Å²) in [6.07, 6.45) is 4.64. The molecular weight excluding hydrogens is 294 g/mol. The van der Waals surface area contributed by atoms with Crippen LogP contribution in [0.15, 0.2) is 48.5 Å². The van der Waals surface area contributed by atoms with Crippen LogP contribution in [0.1, 0.15) is 37.3 Å². The number of anilines is 1. The molecule has 1 N–H and O–H groups in total. The molecule has 0 aliphatic heterocycles. The number of benzene rings is 2. The zero-order chi connectivity index (χ0) is 15.8. The second-order valence-corrected chi connectivity index (χ2v) is 5.92. The fourth-order valence-corrected chi connectivity index (χ4v) is 2.52. The molecule has 0 fully saturated rings. The number of hydrogen-bond donors (Lipinski definition) is 1. The zero-order valence-electron chi connectivity index (χ0n) is 12.9. The second kappa shape index (κ2) is 8.60. The molecule has 0 heterocycles. The third-order valence-electron chi connectivity index (χ3n) is 3.59. The van der Waals surface area contributed by atoms with Crippen LogP contribution in [0.25, 0.3) is 0 Å². The highest BCUT2D eigenvalue weighted by molar-refractivity contribution is 6.30. The summed E-state index contributed by atoms with van der Waals surface area (Å²) in [6.45, 7) is 2.19. The quantitative estimate of drug-likeness (QED) is 0.742. The molecule has 116 valence electrons. The first-order valence-corrected chi connectivity index (χ1v) is 8.18. The number of hydrogen-bond acceptors (Lipinski definition) is 1. The molecule has 0 aromatic heterocycles. The summed E-state index contributed by atoms with van der Waals surface area (Å²) in [5.74, 6) is 0.0290. The van der Waals surface area contributed by atoms with Crippen molar-refractivity contribution in [2.45, 2.75) is 39.0 Å². The van der Waals surface area contributed by atoms with Crippen molar-refractivity contribution in [3.63, 3.8) is 0 Å². The highest BCUT2D eigenvalue weighted by Gasteiger charge is 2.04. The lowest BCUT2D eigenvalue weighted by molar-refractivity contribution is -0.116. The smallest absolute Gasteiger partial charge is 0.224 e. The normalized spacial score (nSPS) is 10.5. The average molecular weight is 316 g/mol. The molecule has 0 saturated heterocycles. The topological polar surface area (TPSA) is 29.1 Å². The minimum atomic E-state index is 0.0290. The zero-order valence-corrected chi connectivity index (χ0v) is 13.7. The van der Waals surface area contributed by atoms with Gasteiger partial charge in [0.25, 0.3) is 0 Å². The van der Waals surface area contributed by atoms with E-state index in [1.54, 1.807) is 0 Å². The van der Waals surface area contributed by atoms with E-state index in [9.17, 15) is 4.79 Å². The number of carbonyl (C=O) groups is 1. The maximum Gasteiger partial charge on any atom is 0.224 e. The molecule has 0 aliphatic carbocycles. The van der Waals surface area contributed by atoms with Gasteiger partial charge in [-0.05, 0) is 54.7 Å². The first kappa shape index (κ1) is 16.6. The van der Waals surface area contributed by atoms with Gasteiger partial charge in [0.2, 0.25) is 5.91 Å². The van der Waals surface area contributed by atoms with E-state index in [-0.39, 0.29) is 5.91 Å². The maximum absolute atomic E-state index is 12.0. The molecule has 0 radical (unpaired) electrons. The highest BCUT2D eigenvalue weighted by atomic mass is 35.5. The molecule has 2 aromatic rings. The van der Waals surface area contributed by atoms with Crippen LogP contribution >= 0.6 is 11.6 Å². The van der Waals surface area contributed by atoms with Gasteiger partial charge in [-0.25, -0.2) is 0 Å². The molecule has 2 aromatic carbocycles. The molecule has 0 unspecified atom stereocenters. The van der Waals surface area contributed by atoms with Crippen LogP contribution in [0, 0.1) is 0 Å². The molecule has 0 saturated carbocycles. The lowest BCUT2D eigenvalue weighted by Gasteiger charge is -2.07. The van der Waals surface area contributed by atoms with Crippen LogP contribution < -0.4 is 5.32 Å². The minimum Gasteiger partial charge on any atom is -0.326 e. The molecule has 0 atom stereocenters. The number of unbranched alkanes of at least 4 members (excludes halogenated alkanes) is 1. The van der Waals surface area contributed by atoms with Crippen LogP contribution in [0.2, 0.25) is 5.02 Å². The summed E-state index contributed by atoms with van der Waals surface area (Å²) in [7, 11) is 0. The number of rotatable bonds is 7. The van der Waals surface area contributed by atoms with Crippen molar-refractivity contribution in [1.82, 2.24) is 0 Å². The lowest BCUT2D eigenvalue weighted by Crippen LogP contribution is -2.12. The SMILES string of the molecule is CCCCc1ccc(NC(=O)CCc2cccc(Cl)c2)cc1. The molecular formula is C19H22ClNO. The Morgan fingerprint density at radius 3 is 2.50 bits per heavy atom. The van der Waals surface area contributed by atoms with Gasteiger partial charge in [-0.15, -0.1) is 0 Å². The van der Waals surface area contributed by atoms with Crippen LogP contribution in [0.3, 0.4) is 0 Å². The number of halogens is 1. The fraction of sp³-hybridized carbons (Fsp3) is 0.316. The van der Waals surface area contributed by atoms with Gasteiger partial charge in [-0.2, -0.15) is 0 Å². The van der Waals surface area contributed by atoms with Gasteiger partial charge in [0.05, 0.1) is 0 Å². The van der Waals surface area contributed by atoms with Crippen molar-refractivity contribution < 1.29 is 4.79 Å². The van der Waals surface area contributed by atoms with Gasteiger partial charge in [0.1, 0.15) is 0 Å². The first-order chi connectivity index (χ1) is 10.7. The van der Waals surface area contributed by atoms with E-state index in [0.29, 0.717) is 17.9 Å². The predicted octanol–water partition coefficient (Wildman–Crippen LogP) is 5.25. The van der Waals surface area contributed by atoms with E-state index in [1.807, 2.05) is 36.4 Å². The van der Waals surface area contributed by atoms with Gasteiger partial charge in [0, 0.05) is 17.1 Å². The van der Waals surface area contributed by atoms with E-state index in [4.69, 9.17) is 11.6 Å². The second-order valence-electron chi connectivity index (χ2n) is 5.48. The van der Waals surface area contributed by atoms with E-state index in [2.05, 4.69) is 24.4 Å². The molecule has 2 nitrogen and oxygen atoms in total. The maximum atomic E-state index is 12.0. The van der Waals surface area contributed by atoms with E-state index in [0.717, 1.165) is 17.7 Å². The minimum absolute atomic E-state index is 0.0290. The Hall–Kier alpha value is -1.80. The van der Waals surface area contributed by atoms with Crippen molar-refractivity contribution >= 4 is 23.2 Å². The summed E-state index contributed by atoms with van der Waals surface area (Å²) >= 11 is 5.94. The summed E-state index contributed by atoms with van der Waals surface area (Å²) in [4.78, 5) is 12.0. The van der Waals surface area contributed by atoms with Crippen LogP contribution in [-0.4, -0.2) is 5.91 Å². The average Bonchev–Trinajstić information content (AvgIpc) is 2.52. The molecule has 22 heavy (non-hydrogen) atoms. The first-order valence-electron chi connectivity index (χ1n) is 7.80. The number of amides is 1. The Bertz CT molecular complexity index is 607. The van der Waals surface area contributed by atoms with Crippen LogP contribution in [-0.2, 0) is 17.6 Å². The van der Waals surface area contributed by atoms with E-state index >= 15 is 0 Å². The summed E-state index contributed by atoms with van der Waals surface area (Å²) in [5.41, 5.74) is 3.26. The third-order valence-corrected chi connectivity index (χ3v) is 3.82. The standard InChI is InChI=1S/C19H22ClNO/c1-2-3-5-15-8-11-18(12-9-15)21-19(22)13-10-16-6-4-7-17(20)14-16/h4,6-9,11-12,14H,2-3,5,10,13H2,1H3,(H,21,22). The molecule has 1 amide bonds. The number of aryl methyl sites for hydroxylation is 2. The predicted molar refractivity (Wildman–Crippen MR) is 93.5 cm³/mol. The monoisotopic (exact) mass is 315 g/mol. The van der Waals surface area contributed by atoms with Crippen molar-refractivity contribution in [2.75, 3.05) is 5.32 Å². The molecule has 0 aliphatic rings. The van der Waals surface area contributed by atoms with Gasteiger partial charge in [-0.3, -0.25) is 4.79 Å². The van der Waals surface area contributed by atoms with Crippen molar-refractivity contribution in [2.24, 2.45) is 0 Å². The van der Waals surface area contributed by atoms with Crippen molar-refractivity contribution in [1.29, 1.82) is 0 Å². The fourth-order valence-electron chi connectivity index (χ4n) is 2.31. The van der Waals surface area contributed by atoms with Crippen LogP contribution in [0.5, 0.6) is 0 Å². The van der Waals surface area contributed by atoms with Gasteiger partial charge in [-0.1, -0.05) is 49.2 Å². The van der Waals surface area contributed by atoms with Gasteiger partial charge in [0.15, 0.2) is 0 Å². The highest BCUT2D eigenvalue weighted by Crippen LogP contribution is 2.14. The van der Waals surface area contributed by atoms with Gasteiger partial charge < -0.3 is 5.32 Å². The number of nitrogens with one attached hydrogen (secondary N) is 1. The van der Waals surface area contributed by atoms with Crippen molar-refractivity contribution in [3.05, 3.63) is 64.7 Å². The third kappa shape index (κ3) is 5.53. The summed E-state index contributed by atoms with van der Waals surface area (Å²) < 4.78 is 0. The Kier molecular flexibility index (Phi) is 6.47. The van der Waals surface area contributed by atoms with Crippen LogP contribution in [0.4, 0.5) is 5.69 Å². The summed E-state index contributed by atoms with van der Waals surface area (Å²) in [6, 6.07) is 15.8. The molecule has 0 spiro atoms. The van der Waals surface area contributed by atoms with Crippen molar-refractivity contribution in [3.8, 4) is 0 Å². The Morgan fingerprint density at radius 2 is 1.82 bits per heavy atom. The Morgan fingerprint density at radius 1 is 1.05 bits per heavy atom.